The van der Waals surface area contributed by atoms with Crippen LogP contribution in [0, 0.1) is 24.0 Å². The molecule has 27 heavy (non-hydrogen) atoms. The summed E-state index contributed by atoms with van der Waals surface area (Å²) in [7, 11) is 0. The van der Waals surface area contributed by atoms with E-state index in [1.165, 1.54) is 38.2 Å². The van der Waals surface area contributed by atoms with Gasteiger partial charge in [-0.2, -0.15) is 0 Å². The molecule has 0 fully saturated rings. The summed E-state index contributed by atoms with van der Waals surface area (Å²) in [5.74, 6) is 0. The lowest BCUT2D eigenvalue weighted by molar-refractivity contribution is -0.384. The minimum Gasteiger partial charge on any atom is -0.258 e. The molecule has 4 aromatic rings. The lowest BCUT2D eigenvalue weighted by Gasteiger charge is -2.13. The number of hydrogen-bond acceptors (Lipinski definition) is 2. The first-order valence-electron chi connectivity index (χ1n) is 9.18. The van der Waals surface area contributed by atoms with Gasteiger partial charge in [0.15, 0.2) is 0 Å². The molecule has 0 unspecified atom stereocenters. The maximum absolute atomic E-state index is 10.8. The van der Waals surface area contributed by atoms with E-state index >= 15 is 0 Å². The first-order chi connectivity index (χ1) is 13.0. The normalized spacial score (nSPS) is 11.2. The summed E-state index contributed by atoms with van der Waals surface area (Å²) in [5, 5.41) is 16.0. The lowest BCUT2D eigenvalue weighted by atomic mass is 9.91. The van der Waals surface area contributed by atoms with Crippen LogP contribution in [-0.2, 0) is 12.8 Å². The molecular formula is C24H21NO2. The molecule has 0 spiro atoms. The van der Waals surface area contributed by atoms with E-state index in [1.807, 2.05) is 12.1 Å². The molecular weight excluding hydrogens is 334 g/mol. The Morgan fingerprint density at radius 1 is 0.704 bits per heavy atom. The third kappa shape index (κ3) is 3.17. The molecule has 0 amide bonds. The van der Waals surface area contributed by atoms with E-state index in [2.05, 4.69) is 56.3 Å². The van der Waals surface area contributed by atoms with Gasteiger partial charge < -0.3 is 0 Å². The fraction of sp³-hybridized carbons (Fsp3) is 0.167. The van der Waals surface area contributed by atoms with Crippen LogP contribution in [0.25, 0.3) is 21.5 Å². The molecule has 0 N–H and O–H groups in total. The Kier molecular flexibility index (Phi) is 4.36. The van der Waals surface area contributed by atoms with Crippen molar-refractivity contribution in [1.29, 1.82) is 0 Å². The Bertz CT molecular complexity index is 1160. The van der Waals surface area contributed by atoms with Crippen LogP contribution in [0.5, 0.6) is 0 Å². The minimum absolute atomic E-state index is 0.141. The summed E-state index contributed by atoms with van der Waals surface area (Å²) in [6, 6.07) is 22.2. The average molecular weight is 355 g/mol. The molecule has 4 aromatic carbocycles. The second-order valence-corrected chi connectivity index (χ2v) is 7.10. The standard InChI is InChI=1S/C24H21NO2/c1-16-21-5-3-4-6-22(21)17(2)24-15-19(11-14-23(16)24)8-7-18-9-12-20(13-10-18)25(26)27/h3-6,9-15H,7-8H2,1-2H3. The van der Waals surface area contributed by atoms with E-state index in [1.54, 1.807) is 12.1 Å². The summed E-state index contributed by atoms with van der Waals surface area (Å²) in [5.41, 5.74) is 5.20. The van der Waals surface area contributed by atoms with Gasteiger partial charge in [-0.1, -0.05) is 54.6 Å². The Hall–Kier alpha value is -3.20. The Balaban J connectivity index is 1.66. The summed E-state index contributed by atoms with van der Waals surface area (Å²) < 4.78 is 0. The van der Waals surface area contributed by atoms with Crippen molar-refractivity contribution in [2.75, 3.05) is 0 Å². The maximum atomic E-state index is 10.8. The van der Waals surface area contributed by atoms with Gasteiger partial charge in [0.1, 0.15) is 0 Å². The van der Waals surface area contributed by atoms with Crippen molar-refractivity contribution in [3.8, 4) is 0 Å². The zero-order valence-corrected chi connectivity index (χ0v) is 15.5. The molecule has 0 heterocycles. The number of non-ortho nitro benzene ring substituents is 1. The number of nitro benzene ring substituents is 1. The van der Waals surface area contributed by atoms with Gasteiger partial charge >= 0.3 is 0 Å². The van der Waals surface area contributed by atoms with Crippen LogP contribution in [0.2, 0.25) is 0 Å². The van der Waals surface area contributed by atoms with Crippen LogP contribution in [0.1, 0.15) is 22.3 Å². The minimum atomic E-state index is -0.359. The van der Waals surface area contributed by atoms with E-state index in [0.717, 1.165) is 18.4 Å². The zero-order valence-electron chi connectivity index (χ0n) is 15.5. The summed E-state index contributed by atoms with van der Waals surface area (Å²) in [6.45, 7) is 4.39. The first-order valence-corrected chi connectivity index (χ1v) is 9.18. The van der Waals surface area contributed by atoms with Crippen LogP contribution in [0.4, 0.5) is 5.69 Å². The van der Waals surface area contributed by atoms with Crippen LogP contribution in [-0.4, -0.2) is 4.92 Å². The van der Waals surface area contributed by atoms with Crippen molar-refractivity contribution < 1.29 is 4.92 Å². The van der Waals surface area contributed by atoms with Gasteiger partial charge in [-0.25, -0.2) is 0 Å². The number of nitro groups is 1. The summed E-state index contributed by atoms with van der Waals surface area (Å²) in [4.78, 5) is 10.4. The largest absolute Gasteiger partial charge is 0.269 e. The van der Waals surface area contributed by atoms with Crippen LogP contribution >= 0.6 is 0 Å². The third-order valence-corrected chi connectivity index (χ3v) is 5.48. The predicted molar refractivity (Wildman–Crippen MR) is 111 cm³/mol. The molecule has 0 aromatic heterocycles. The Labute approximate surface area is 158 Å². The Morgan fingerprint density at radius 3 is 1.85 bits per heavy atom. The number of benzene rings is 4. The highest BCUT2D eigenvalue weighted by molar-refractivity contribution is 6.05. The van der Waals surface area contributed by atoms with E-state index in [-0.39, 0.29) is 10.6 Å². The molecule has 0 saturated heterocycles. The fourth-order valence-electron chi connectivity index (χ4n) is 3.88. The molecule has 3 nitrogen and oxygen atoms in total. The number of hydrogen-bond donors (Lipinski definition) is 0. The molecule has 0 saturated carbocycles. The second-order valence-electron chi connectivity index (χ2n) is 7.10. The van der Waals surface area contributed by atoms with Crippen molar-refractivity contribution in [3.63, 3.8) is 0 Å². The SMILES string of the molecule is Cc1c2ccccc2c(C)c2cc(CCc3ccc([N+](=O)[O-])cc3)ccc12. The first kappa shape index (κ1) is 17.2. The van der Waals surface area contributed by atoms with E-state index in [9.17, 15) is 10.1 Å². The highest BCUT2D eigenvalue weighted by atomic mass is 16.6. The molecule has 0 bridgehead atoms. The molecule has 0 radical (unpaired) electrons. The summed E-state index contributed by atoms with van der Waals surface area (Å²) in [6.07, 6.45) is 1.79. The van der Waals surface area contributed by atoms with Crippen molar-refractivity contribution in [2.45, 2.75) is 26.7 Å². The zero-order chi connectivity index (χ0) is 19.0. The highest BCUT2D eigenvalue weighted by Gasteiger charge is 2.09. The van der Waals surface area contributed by atoms with Gasteiger partial charge in [0.25, 0.3) is 5.69 Å². The van der Waals surface area contributed by atoms with Crippen LogP contribution in [0.15, 0.2) is 66.7 Å². The van der Waals surface area contributed by atoms with Gasteiger partial charge in [-0.3, -0.25) is 10.1 Å². The van der Waals surface area contributed by atoms with Crippen LogP contribution in [0.3, 0.4) is 0 Å². The molecule has 3 heteroatoms. The van der Waals surface area contributed by atoms with Crippen molar-refractivity contribution in [3.05, 3.63) is 99.1 Å². The van der Waals surface area contributed by atoms with Gasteiger partial charge in [-0.05, 0) is 70.5 Å². The van der Waals surface area contributed by atoms with Crippen LogP contribution < -0.4 is 0 Å². The predicted octanol–water partition coefficient (Wildman–Crippen LogP) is 6.30. The quantitative estimate of drug-likeness (QED) is 0.245. The second kappa shape index (κ2) is 6.84. The van der Waals surface area contributed by atoms with Gasteiger partial charge in [0, 0.05) is 12.1 Å². The fourth-order valence-corrected chi connectivity index (χ4v) is 3.88. The maximum Gasteiger partial charge on any atom is 0.269 e. The number of fused-ring (bicyclic) bond motifs is 2. The Morgan fingerprint density at radius 2 is 1.22 bits per heavy atom. The molecule has 134 valence electrons. The third-order valence-electron chi connectivity index (χ3n) is 5.48. The summed E-state index contributed by atoms with van der Waals surface area (Å²) >= 11 is 0. The number of rotatable bonds is 4. The molecule has 0 aliphatic heterocycles. The molecule has 0 aliphatic carbocycles. The van der Waals surface area contributed by atoms with Crippen molar-refractivity contribution in [2.24, 2.45) is 0 Å². The highest BCUT2D eigenvalue weighted by Crippen LogP contribution is 2.32. The molecule has 0 atom stereocenters. The average Bonchev–Trinajstić information content (AvgIpc) is 2.70. The molecule has 0 aliphatic rings. The van der Waals surface area contributed by atoms with E-state index < -0.39 is 0 Å². The van der Waals surface area contributed by atoms with Crippen molar-refractivity contribution >= 4 is 27.2 Å². The van der Waals surface area contributed by atoms with Gasteiger partial charge in [0.2, 0.25) is 0 Å². The number of aryl methyl sites for hydroxylation is 4. The lowest BCUT2D eigenvalue weighted by Crippen LogP contribution is -1.94. The molecule has 4 rings (SSSR count). The van der Waals surface area contributed by atoms with Gasteiger partial charge in [0.05, 0.1) is 4.92 Å². The van der Waals surface area contributed by atoms with Gasteiger partial charge in [-0.15, -0.1) is 0 Å². The van der Waals surface area contributed by atoms with Crippen molar-refractivity contribution in [1.82, 2.24) is 0 Å². The van der Waals surface area contributed by atoms with E-state index in [0.29, 0.717) is 0 Å². The van der Waals surface area contributed by atoms with E-state index in [4.69, 9.17) is 0 Å². The topological polar surface area (TPSA) is 43.1 Å². The smallest absolute Gasteiger partial charge is 0.258 e. The monoisotopic (exact) mass is 355 g/mol. The number of nitrogens with zero attached hydrogens (tertiary/aromatic N) is 1.